The number of rotatable bonds is 5. The molecule has 4 saturated carbocycles. The number of carboxylic acid groups (broad SMARTS) is 1. The first-order chi connectivity index (χ1) is 16.8. The molecule has 3 aromatic rings. The molecule has 4 aliphatic carbocycles. The number of aliphatic carboxylic acids is 1. The summed E-state index contributed by atoms with van der Waals surface area (Å²) in [4.78, 5) is 30.5. The van der Waals surface area contributed by atoms with E-state index in [9.17, 15) is 14.7 Å². The van der Waals surface area contributed by atoms with E-state index < -0.39 is 11.4 Å². The molecule has 4 bridgehead atoms. The molecule has 1 aromatic heterocycles. The van der Waals surface area contributed by atoms with Gasteiger partial charge in [-0.05, 0) is 80.2 Å². The maximum absolute atomic E-state index is 12.3. The smallest absolute Gasteiger partial charge is 0.323 e. The molecule has 0 aliphatic heterocycles. The summed E-state index contributed by atoms with van der Waals surface area (Å²) in [6.07, 6.45) is 7.60. The Morgan fingerprint density at radius 1 is 1.00 bits per heavy atom. The van der Waals surface area contributed by atoms with Crippen molar-refractivity contribution in [3.63, 3.8) is 0 Å². The van der Waals surface area contributed by atoms with E-state index in [4.69, 9.17) is 16.6 Å². The van der Waals surface area contributed by atoms with E-state index in [1.54, 1.807) is 23.5 Å². The number of nitrogens with one attached hydrogen (secondary N) is 2. The number of hydrogen-bond acceptors (Lipinski definition) is 4. The summed E-state index contributed by atoms with van der Waals surface area (Å²) in [6, 6.07) is 14.4. The number of thiazole rings is 1. The van der Waals surface area contributed by atoms with Crippen LogP contribution in [0.5, 0.6) is 0 Å². The number of carbonyl (C=O) groups excluding carboxylic acids is 1. The summed E-state index contributed by atoms with van der Waals surface area (Å²) >= 11 is 7.80. The monoisotopic (exact) mass is 507 g/mol. The van der Waals surface area contributed by atoms with Gasteiger partial charge in [0, 0.05) is 17.3 Å². The van der Waals surface area contributed by atoms with Crippen molar-refractivity contribution in [3.8, 4) is 10.4 Å². The molecule has 8 heteroatoms. The zero-order valence-corrected chi connectivity index (χ0v) is 20.7. The van der Waals surface area contributed by atoms with Crippen LogP contribution < -0.4 is 10.6 Å². The van der Waals surface area contributed by atoms with Gasteiger partial charge in [-0.3, -0.25) is 4.79 Å². The number of anilines is 2. The number of hydrogen-bond donors (Lipinski definition) is 3. The molecule has 7 rings (SSSR count). The van der Waals surface area contributed by atoms with Crippen molar-refractivity contribution >= 4 is 46.3 Å². The Kier molecular flexibility index (Phi) is 5.38. The Labute approximate surface area is 212 Å². The fraction of sp³-hybridized carbons (Fsp3) is 0.370. The van der Waals surface area contributed by atoms with Crippen LogP contribution in [0.3, 0.4) is 0 Å². The van der Waals surface area contributed by atoms with Gasteiger partial charge >= 0.3 is 12.0 Å². The van der Waals surface area contributed by atoms with Gasteiger partial charge in [0.2, 0.25) is 0 Å². The molecule has 35 heavy (non-hydrogen) atoms. The molecule has 4 aliphatic rings. The summed E-state index contributed by atoms with van der Waals surface area (Å²) in [5.41, 5.74) is 1.60. The first kappa shape index (κ1) is 22.6. The second-order valence-electron chi connectivity index (χ2n) is 10.5. The van der Waals surface area contributed by atoms with E-state index in [-0.39, 0.29) is 11.4 Å². The Morgan fingerprint density at radius 2 is 1.71 bits per heavy atom. The van der Waals surface area contributed by atoms with Gasteiger partial charge in [-0.15, -0.1) is 11.3 Å². The topological polar surface area (TPSA) is 91.3 Å². The van der Waals surface area contributed by atoms with E-state index >= 15 is 0 Å². The lowest BCUT2D eigenvalue weighted by atomic mass is 9.44. The Bertz CT molecular complexity index is 1290. The fourth-order valence-corrected chi connectivity index (χ4v) is 8.29. The maximum Gasteiger partial charge on any atom is 0.323 e. The maximum atomic E-state index is 12.3. The quantitative estimate of drug-likeness (QED) is 0.345. The third-order valence-corrected chi connectivity index (χ3v) is 9.65. The molecule has 3 N–H and O–H groups in total. The molecule has 6 nitrogen and oxygen atoms in total. The predicted molar refractivity (Wildman–Crippen MR) is 138 cm³/mol. The molecule has 0 spiro atoms. The van der Waals surface area contributed by atoms with Crippen molar-refractivity contribution in [2.75, 3.05) is 10.6 Å². The lowest BCUT2D eigenvalue weighted by molar-refractivity contribution is -0.167. The second-order valence-corrected chi connectivity index (χ2v) is 11.9. The largest absolute Gasteiger partial charge is 0.481 e. The molecule has 2 amide bonds. The summed E-state index contributed by atoms with van der Waals surface area (Å²) in [5, 5.41) is 17.2. The summed E-state index contributed by atoms with van der Waals surface area (Å²) in [7, 11) is 0. The molecular formula is C27H26ClN3O3S. The molecule has 2 aromatic carbocycles. The highest BCUT2D eigenvalue weighted by Gasteiger charge is 2.62. The minimum Gasteiger partial charge on any atom is -0.481 e. The van der Waals surface area contributed by atoms with Crippen molar-refractivity contribution < 1.29 is 14.7 Å². The highest BCUT2D eigenvalue weighted by molar-refractivity contribution is 7.15. The molecule has 180 valence electrons. The van der Waals surface area contributed by atoms with Crippen molar-refractivity contribution in [2.45, 2.75) is 43.9 Å². The zero-order valence-electron chi connectivity index (χ0n) is 19.1. The average Bonchev–Trinajstić information content (AvgIpc) is 3.32. The Morgan fingerprint density at radius 3 is 2.40 bits per heavy atom. The highest BCUT2D eigenvalue weighted by Crippen LogP contribution is 2.66. The number of carboxylic acids is 1. The van der Waals surface area contributed by atoms with Crippen LogP contribution in [0.15, 0.2) is 54.7 Å². The summed E-state index contributed by atoms with van der Waals surface area (Å²) in [5.74, 6) is 0.387. The van der Waals surface area contributed by atoms with Crippen LogP contribution in [0.1, 0.15) is 43.5 Å². The van der Waals surface area contributed by atoms with E-state index in [2.05, 4.69) is 10.6 Å². The average molecular weight is 508 g/mol. The number of urea groups is 1. The van der Waals surface area contributed by atoms with Gasteiger partial charge in [0.1, 0.15) is 0 Å². The molecule has 0 radical (unpaired) electrons. The molecule has 1 heterocycles. The number of nitrogens with zero attached hydrogens (tertiary/aromatic N) is 1. The normalized spacial score (nSPS) is 28.6. The molecule has 4 fully saturated rings. The standard InChI is InChI=1S/C27H26ClN3O3S/c28-20-3-1-2-4-21(20)31-25(34)30-19-7-5-18(6-8-19)22-14-29-23(35-22)26-10-16-9-17(11-26)13-27(12-16,15-26)24(32)33/h1-8,14,16-17H,9-13,15H2,(H,32,33)(H2,30,31,34). The molecule has 2 atom stereocenters. The lowest BCUT2D eigenvalue weighted by Crippen LogP contribution is -2.56. The van der Waals surface area contributed by atoms with Gasteiger partial charge < -0.3 is 15.7 Å². The molecule has 2 unspecified atom stereocenters. The van der Waals surface area contributed by atoms with Crippen molar-refractivity contribution in [3.05, 3.63) is 64.8 Å². The Hall–Kier alpha value is -2.90. The van der Waals surface area contributed by atoms with Crippen LogP contribution in [0.2, 0.25) is 5.02 Å². The van der Waals surface area contributed by atoms with E-state index in [1.807, 2.05) is 42.6 Å². The zero-order chi connectivity index (χ0) is 24.2. The minimum atomic E-state index is -0.616. The number of carbonyl (C=O) groups is 2. The van der Waals surface area contributed by atoms with Crippen LogP contribution in [0.25, 0.3) is 10.4 Å². The van der Waals surface area contributed by atoms with Gasteiger partial charge in [0.05, 0.1) is 26.0 Å². The Balaban J connectivity index is 1.17. The predicted octanol–water partition coefficient (Wildman–Crippen LogP) is 7.03. The first-order valence-corrected chi connectivity index (χ1v) is 13.2. The van der Waals surface area contributed by atoms with Crippen molar-refractivity contribution in [1.82, 2.24) is 4.98 Å². The van der Waals surface area contributed by atoms with Crippen LogP contribution >= 0.6 is 22.9 Å². The van der Waals surface area contributed by atoms with Gasteiger partial charge in [-0.2, -0.15) is 0 Å². The SMILES string of the molecule is O=C(Nc1ccc(-c2cnc(C34CC5CC(CC(C(=O)O)(C5)C3)C4)s2)cc1)Nc1ccccc1Cl. The second kappa shape index (κ2) is 8.35. The van der Waals surface area contributed by atoms with Gasteiger partial charge in [-0.25, -0.2) is 9.78 Å². The number of benzene rings is 2. The number of para-hydroxylation sites is 1. The van der Waals surface area contributed by atoms with Gasteiger partial charge in [-0.1, -0.05) is 35.9 Å². The van der Waals surface area contributed by atoms with Crippen LogP contribution in [0, 0.1) is 17.3 Å². The van der Waals surface area contributed by atoms with E-state index in [1.165, 1.54) is 6.42 Å². The van der Waals surface area contributed by atoms with E-state index in [0.29, 0.717) is 28.2 Å². The fourth-order valence-electron chi connectivity index (χ4n) is 6.98. The van der Waals surface area contributed by atoms with Crippen LogP contribution in [0.4, 0.5) is 16.2 Å². The third kappa shape index (κ3) is 4.00. The van der Waals surface area contributed by atoms with Crippen LogP contribution in [-0.2, 0) is 10.2 Å². The minimum absolute atomic E-state index is 0.0936. The van der Waals surface area contributed by atoms with E-state index in [0.717, 1.165) is 47.6 Å². The number of amides is 2. The molecular weight excluding hydrogens is 482 g/mol. The molecule has 0 saturated heterocycles. The first-order valence-electron chi connectivity index (χ1n) is 12.0. The summed E-state index contributed by atoms with van der Waals surface area (Å²) < 4.78 is 0. The lowest BCUT2D eigenvalue weighted by Gasteiger charge is -2.59. The van der Waals surface area contributed by atoms with Gasteiger partial charge in [0.15, 0.2) is 0 Å². The van der Waals surface area contributed by atoms with Crippen LogP contribution in [-0.4, -0.2) is 22.1 Å². The van der Waals surface area contributed by atoms with Gasteiger partial charge in [0.25, 0.3) is 0 Å². The third-order valence-electron chi connectivity index (χ3n) is 8.02. The van der Waals surface area contributed by atoms with Crippen molar-refractivity contribution in [1.29, 1.82) is 0 Å². The summed E-state index contributed by atoms with van der Waals surface area (Å²) in [6.45, 7) is 0. The highest BCUT2D eigenvalue weighted by atomic mass is 35.5. The van der Waals surface area contributed by atoms with Crippen molar-refractivity contribution in [2.24, 2.45) is 17.3 Å². The number of aromatic nitrogens is 1. The number of halogens is 1.